The monoisotopic (exact) mass is 349 g/mol. The molecule has 2 atom stereocenters. The van der Waals surface area contributed by atoms with Crippen molar-refractivity contribution in [1.29, 1.82) is 0 Å². The number of esters is 1. The second-order valence-electron chi connectivity index (χ2n) is 6.92. The normalized spacial score (nSPS) is 18.2. The Morgan fingerprint density at radius 2 is 1.84 bits per heavy atom. The molecule has 25 heavy (non-hydrogen) atoms. The molecule has 0 saturated carbocycles. The van der Waals surface area contributed by atoms with Gasteiger partial charge < -0.3 is 19.6 Å². The molecule has 0 radical (unpaired) electrons. The molecule has 0 spiro atoms. The standard InChI is InChI=1S/C19H31N3O3/c1-16(19(24)25-3)13-20(2)14-18(23)15-21-9-11-22(12-10-21)17-7-5-4-6-8-17/h4-8,16,18,23H,9-15H2,1-3H3/t16-,18+/m1/s1. The number of β-amino-alcohol motifs (C(OH)–C–C–N with tert-alkyl or cyclic N) is 1. The van der Waals surface area contributed by atoms with Crippen molar-refractivity contribution in [2.75, 3.05) is 64.9 Å². The zero-order valence-electron chi connectivity index (χ0n) is 15.6. The van der Waals surface area contributed by atoms with Gasteiger partial charge in [-0.1, -0.05) is 25.1 Å². The smallest absolute Gasteiger partial charge is 0.309 e. The lowest BCUT2D eigenvalue weighted by molar-refractivity contribution is -0.145. The fourth-order valence-corrected chi connectivity index (χ4v) is 3.36. The first-order chi connectivity index (χ1) is 12.0. The highest BCUT2D eigenvalue weighted by Gasteiger charge is 2.21. The first-order valence-corrected chi connectivity index (χ1v) is 8.96. The third-order valence-electron chi connectivity index (χ3n) is 4.67. The molecule has 0 bridgehead atoms. The Balaban J connectivity index is 1.69. The Labute approximate surface area is 151 Å². The number of anilines is 1. The average molecular weight is 349 g/mol. The van der Waals surface area contributed by atoms with Crippen LogP contribution in [0.4, 0.5) is 5.69 Å². The molecule has 140 valence electrons. The summed E-state index contributed by atoms with van der Waals surface area (Å²) in [5.41, 5.74) is 1.26. The Morgan fingerprint density at radius 1 is 1.20 bits per heavy atom. The molecule has 1 aliphatic heterocycles. The van der Waals surface area contributed by atoms with Crippen LogP contribution < -0.4 is 4.90 Å². The fourth-order valence-electron chi connectivity index (χ4n) is 3.36. The number of nitrogens with zero attached hydrogens (tertiary/aromatic N) is 3. The van der Waals surface area contributed by atoms with Gasteiger partial charge in [0.15, 0.2) is 0 Å². The predicted octanol–water partition coefficient (Wildman–Crippen LogP) is 0.910. The largest absolute Gasteiger partial charge is 0.469 e. The molecule has 1 N–H and O–H groups in total. The molecule has 1 aromatic carbocycles. The summed E-state index contributed by atoms with van der Waals surface area (Å²) in [5, 5.41) is 10.4. The summed E-state index contributed by atoms with van der Waals surface area (Å²) in [5.74, 6) is -0.394. The number of benzene rings is 1. The average Bonchev–Trinajstić information content (AvgIpc) is 2.62. The van der Waals surface area contributed by atoms with Crippen molar-refractivity contribution in [1.82, 2.24) is 9.80 Å². The minimum absolute atomic E-state index is 0.184. The number of aliphatic hydroxyl groups is 1. The maximum absolute atomic E-state index is 11.5. The van der Waals surface area contributed by atoms with E-state index in [-0.39, 0.29) is 11.9 Å². The zero-order chi connectivity index (χ0) is 18.2. The van der Waals surface area contributed by atoms with E-state index in [1.54, 1.807) is 0 Å². The number of carbonyl (C=O) groups is 1. The van der Waals surface area contributed by atoms with Crippen LogP contribution in [0.5, 0.6) is 0 Å². The number of rotatable bonds is 8. The van der Waals surface area contributed by atoms with Gasteiger partial charge in [-0.3, -0.25) is 9.69 Å². The molecule has 2 rings (SSSR count). The summed E-state index contributed by atoms with van der Waals surface area (Å²) in [4.78, 5) is 18.2. The second kappa shape index (κ2) is 9.75. The van der Waals surface area contributed by atoms with Gasteiger partial charge in [-0.2, -0.15) is 0 Å². The molecule has 0 amide bonds. The summed E-state index contributed by atoms with van der Waals surface area (Å²) in [7, 11) is 3.33. The van der Waals surface area contributed by atoms with Crippen LogP contribution in [0.1, 0.15) is 6.92 Å². The van der Waals surface area contributed by atoms with Crippen molar-refractivity contribution in [3.05, 3.63) is 30.3 Å². The quantitative estimate of drug-likeness (QED) is 0.704. The Kier molecular flexibility index (Phi) is 7.68. The Hall–Kier alpha value is -1.63. The summed E-state index contributed by atoms with van der Waals surface area (Å²) >= 11 is 0. The fraction of sp³-hybridized carbons (Fsp3) is 0.632. The van der Waals surface area contributed by atoms with E-state index < -0.39 is 6.10 Å². The van der Waals surface area contributed by atoms with Gasteiger partial charge in [0, 0.05) is 51.5 Å². The lowest BCUT2D eigenvalue weighted by Gasteiger charge is -2.37. The van der Waals surface area contributed by atoms with Crippen molar-refractivity contribution in [3.8, 4) is 0 Å². The number of para-hydroxylation sites is 1. The summed E-state index contributed by atoms with van der Waals surface area (Å²) in [6.07, 6.45) is -0.418. The van der Waals surface area contributed by atoms with Gasteiger partial charge >= 0.3 is 5.97 Å². The lowest BCUT2D eigenvalue weighted by atomic mass is 10.1. The van der Waals surface area contributed by atoms with Crippen molar-refractivity contribution < 1.29 is 14.6 Å². The van der Waals surface area contributed by atoms with Gasteiger partial charge in [0.25, 0.3) is 0 Å². The molecule has 0 aliphatic carbocycles. The molecule has 6 heteroatoms. The van der Waals surface area contributed by atoms with E-state index in [4.69, 9.17) is 4.74 Å². The van der Waals surface area contributed by atoms with Gasteiger partial charge in [0.1, 0.15) is 0 Å². The van der Waals surface area contributed by atoms with Crippen LogP contribution >= 0.6 is 0 Å². The first kappa shape index (κ1) is 19.7. The third kappa shape index (κ3) is 6.30. The molecular weight excluding hydrogens is 318 g/mol. The van der Waals surface area contributed by atoms with Crippen molar-refractivity contribution in [2.24, 2.45) is 5.92 Å². The molecule has 1 saturated heterocycles. The highest BCUT2D eigenvalue weighted by atomic mass is 16.5. The van der Waals surface area contributed by atoms with Gasteiger partial charge in [0.2, 0.25) is 0 Å². The summed E-state index contributed by atoms with van der Waals surface area (Å²) in [6, 6.07) is 10.4. The highest BCUT2D eigenvalue weighted by Crippen LogP contribution is 2.15. The van der Waals surface area contributed by atoms with Gasteiger partial charge in [0.05, 0.1) is 19.1 Å². The maximum atomic E-state index is 11.5. The van der Waals surface area contributed by atoms with Gasteiger partial charge in [-0.05, 0) is 19.2 Å². The number of hydrogen-bond acceptors (Lipinski definition) is 6. The number of carbonyl (C=O) groups excluding carboxylic acids is 1. The number of hydrogen-bond donors (Lipinski definition) is 1. The highest BCUT2D eigenvalue weighted by molar-refractivity contribution is 5.72. The predicted molar refractivity (Wildman–Crippen MR) is 99.8 cm³/mol. The molecule has 1 fully saturated rings. The minimum Gasteiger partial charge on any atom is -0.469 e. The van der Waals surface area contributed by atoms with E-state index in [1.807, 2.05) is 24.9 Å². The lowest BCUT2D eigenvalue weighted by Crippen LogP contribution is -2.50. The number of ether oxygens (including phenoxy) is 1. The Morgan fingerprint density at radius 3 is 2.44 bits per heavy atom. The van der Waals surface area contributed by atoms with Crippen LogP contribution in [0.15, 0.2) is 30.3 Å². The van der Waals surface area contributed by atoms with E-state index in [2.05, 4.69) is 34.1 Å². The van der Waals surface area contributed by atoms with Gasteiger partial charge in [-0.15, -0.1) is 0 Å². The van der Waals surface area contributed by atoms with E-state index in [1.165, 1.54) is 12.8 Å². The Bertz CT molecular complexity index is 518. The summed E-state index contributed by atoms with van der Waals surface area (Å²) in [6.45, 7) is 7.52. The second-order valence-corrected chi connectivity index (χ2v) is 6.92. The van der Waals surface area contributed by atoms with Crippen LogP contribution in [0.25, 0.3) is 0 Å². The van der Waals surface area contributed by atoms with Crippen LogP contribution in [0.3, 0.4) is 0 Å². The van der Waals surface area contributed by atoms with Crippen LogP contribution in [-0.4, -0.2) is 87.0 Å². The SMILES string of the molecule is COC(=O)[C@H](C)CN(C)C[C@H](O)CN1CCN(c2ccccc2)CC1. The molecule has 0 unspecified atom stereocenters. The van der Waals surface area contributed by atoms with Crippen molar-refractivity contribution in [3.63, 3.8) is 0 Å². The van der Waals surface area contributed by atoms with E-state index in [9.17, 15) is 9.90 Å². The molecule has 1 heterocycles. The van der Waals surface area contributed by atoms with Crippen LogP contribution in [0.2, 0.25) is 0 Å². The zero-order valence-corrected chi connectivity index (χ0v) is 15.6. The van der Waals surface area contributed by atoms with E-state index >= 15 is 0 Å². The number of likely N-dealkylation sites (N-methyl/N-ethyl adjacent to an activating group) is 1. The molecule has 6 nitrogen and oxygen atoms in total. The summed E-state index contributed by atoms with van der Waals surface area (Å²) < 4.78 is 4.74. The maximum Gasteiger partial charge on any atom is 0.309 e. The third-order valence-corrected chi connectivity index (χ3v) is 4.67. The molecular formula is C19H31N3O3. The molecule has 1 aromatic rings. The number of piperazine rings is 1. The topological polar surface area (TPSA) is 56.2 Å². The number of methoxy groups -OCH3 is 1. The van der Waals surface area contributed by atoms with E-state index in [0.717, 1.165) is 26.2 Å². The first-order valence-electron chi connectivity index (χ1n) is 8.96. The van der Waals surface area contributed by atoms with E-state index in [0.29, 0.717) is 19.6 Å². The molecule has 1 aliphatic rings. The van der Waals surface area contributed by atoms with Crippen LogP contribution in [0, 0.1) is 5.92 Å². The number of aliphatic hydroxyl groups excluding tert-OH is 1. The molecule has 0 aromatic heterocycles. The van der Waals surface area contributed by atoms with Gasteiger partial charge in [-0.25, -0.2) is 0 Å². The van der Waals surface area contributed by atoms with Crippen molar-refractivity contribution in [2.45, 2.75) is 13.0 Å². The van der Waals surface area contributed by atoms with Crippen molar-refractivity contribution >= 4 is 11.7 Å². The minimum atomic E-state index is -0.418. The van der Waals surface area contributed by atoms with Crippen LogP contribution in [-0.2, 0) is 9.53 Å².